The molecule has 1 unspecified atom stereocenters. The molecule has 1 atom stereocenters. The molecule has 2 N–H and O–H groups in total. The molecule has 2 aromatic heterocycles. The molecule has 164 valence electrons. The zero-order valence-electron chi connectivity index (χ0n) is 17.9. The van der Waals surface area contributed by atoms with E-state index in [0.717, 1.165) is 32.5 Å². The zero-order chi connectivity index (χ0) is 22.4. The van der Waals surface area contributed by atoms with Gasteiger partial charge in [0.2, 0.25) is 0 Å². The van der Waals surface area contributed by atoms with Crippen molar-refractivity contribution in [3.8, 4) is 0 Å². The van der Waals surface area contributed by atoms with Crippen molar-refractivity contribution in [1.29, 1.82) is 0 Å². The van der Waals surface area contributed by atoms with Crippen LogP contribution < -0.4 is 5.32 Å². The van der Waals surface area contributed by atoms with Gasteiger partial charge in [-0.05, 0) is 61.5 Å². The van der Waals surface area contributed by atoms with E-state index < -0.39 is 0 Å². The molecule has 0 radical (unpaired) electrons. The van der Waals surface area contributed by atoms with E-state index in [0.29, 0.717) is 24.2 Å². The lowest BCUT2D eigenvalue weighted by molar-refractivity contribution is 0.0786. The Bertz CT molecular complexity index is 1340. The van der Waals surface area contributed by atoms with Crippen molar-refractivity contribution >= 4 is 44.1 Å². The van der Waals surface area contributed by atoms with Gasteiger partial charge < -0.3 is 15.2 Å². The van der Waals surface area contributed by atoms with Crippen molar-refractivity contribution in [2.75, 3.05) is 13.1 Å². The molecule has 3 heterocycles. The Hall–Kier alpha value is -3.19. The number of rotatable bonds is 4. The fraction of sp³-hybridized carbons (Fsp3) is 0.280. The molecular weight excluding hydrogens is 425 g/mol. The number of thiophene rings is 1. The molecule has 2 aromatic carbocycles. The Labute approximate surface area is 189 Å². The molecule has 0 aliphatic carbocycles. The highest BCUT2D eigenvalue weighted by Gasteiger charge is 2.33. The van der Waals surface area contributed by atoms with E-state index in [1.807, 2.05) is 36.9 Å². The number of aromatic nitrogens is 1. The molecule has 1 aliphatic heterocycles. The van der Waals surface area contributed by atoms with E-state index in [9.17, 15) is 14.0 Å². The Morgan fingerprint density at radius 1 is 1.19 bits per heavy atom. The summed E-state index contributed by atoms with van der Waals surface area (Å²) >= 11 is 1.51. The molecule has 1 fully saturated rings. The molecule has 0 spiro atoms. The molecule has 5 rings (SSSR count). The molecule has 5 nitrogen and oxygen atoms in total. The number of fused-ring (bicyclic) bond motifs is 2. The van der Waals surface area contributed by atoms with Crippen LogP contribution in [0, 0.1) is 5.82 Å². The van der Waals surface area contributed by atoms with E-state index in [1.165, 1.54) is 23.5 Å². The maximum absolute atomic E-state index is 13.5. The number of nitrogens with one attached hydrogen (secondary N) is 2. The summed E-state index contributed by atoms with van der Waals surface area (Å²) in [6.07, 6.45) is 0.795. The van der Waals surface area contributed by atoms with Gasteiger partial charge >= 0.3 is 0 Å². The lowest BCUT2D eigenvalue weighted by atomic mass is 9.95. The maximum atomic E-state index is 13.5. The molecule has 0 saturated carbocycles. The van der Waals surface area contributed by atoms with Crippen LogP contribution in [0.3, 0.4) is 0 Å². The number of benzene rings is 2. The highest BCUT2D eigenvalue weighted by Crippen LogP contribution is 2.40. The quantitative estimate of drug-likeness (QED) is 0.445. The molecule has 1 aliphatic rings. The Kier molecular flexibility index (Phi) is 5.21. The van der Waals surface area contributed by atoms with Crippen LogP contribution in [-0.4, -0.2) is 40.8 Å². The minimum Gasteiger partial charge on any atom is -0.351 e. The topological polar surface area (TPSA) is 65.2 Å². The molecule has 7 heteroatoms. The smallest absolute Gasteiger partial charge is 0.270 e. The van der Waals surface area contributed by atoms with Crippen molar-refractivity contribution in [3.63, 3.8) is 0 Å². The normalized spacial score (nSPS) is 16.4. The number of carbonyl (C=O) groups excluding carboxylic acids is 2. The highest BCUT2D eigenvalue weighted by molar-refractivity contribution is 7.21. The zero-order valence-corrected chi connectivity index (χ0v) is 18.8. The van der Waals surface area contributed by atoms with Gasteiger partial charge in [-0.1, -0.05) is 18.2 Å². The van der Waals surface area contributed by atoms with Crippen molar-refractivity contribution in [1.82, 2.24) is 15.2 Å². The van der Waals surface area contributed by atoms with Gasteiger partial charge in [0.15, 0.2) is 0 Å². The summed E-state index contributed by atoms with van der Waals surface area (Å²) in [5.74, 6) is -0.395. The van der Waals surface area contributed by atoms with E-state index in [-0.39, 0.29) is 29.6 Å². The van der Waals surface area contributed by atoms with Crippen LogP contribution in [0.2, 0.25) is 0 Å². The summed E-state index contributed by atoms with van der Waals surface area (Å²) in [6.45, 7) is 5.06. The minimum atomic E-state index is -0.326. The number of carbonyl (C=O) groups is 2. The number of nitrogens with zero attached hydrogens (tertiary/aromatic N) is 1. The van der Waals surface area contributed by atoms with Crippen LogP contribution in [0.4, 0.5) is 4.39 Å². The van der Waals surface area contributed by atoms with Crippen LogP contribution in [0.5, 0.6) is 0 Å². The third kappa shape index (κ3) is 3.66. The van der Waals surface area contributed by atoms with Gasteiger partial charge in [-0.25, -0.2) is 4.39 Å². The predicted octanol–water partition coefficient (Wildman–Crippen LogP) is 5.29. The predicted molar refractivity (Wildman–Crippen MR) is 126 cm³/mol. The summed E-state index contributed by atoms with van der Waals surface area (Å²) in [5, 5.41) is 4.79. The number of halogens is 1. The molecular formula is C25H24FN3O2S. The van der Waals surface area contributed by atoms with Gasteiger partial charge in [0.05, 0.1) is 4.88 Å². The minimum absolute atomic E-state index is 0.0501. The fourth-order valence-corrected chi connectivity index (χ4v) is 5.73. The third-order valence-electron chi connectivity index (χ3n) is 5.96. The summed E-state index contributed by atoms with van der Waals surface area (Å²) in [6, 6.07) is 14.3. The number of hydrogen-bond donors (Lipinski definition) is 2. The summed E-state index contributed by atoms with van der Waals surface area (Å²) in [4.78, 5) is 31.8. The van der Waals surface area contributed by atoms with Crippen molar-refractivity contribution in [2.45, 2.75) is 32.2 Å². The Morgan fingerprint density at radius 2 is 2.00 bits per heavy atom. The van der Waals surface area contributed by atoms with E-state index in [4.69, 9.17) is 0 Å². The van der Waals surface area contributed by atoms with Crippen molar-refractivity contribution in [3.05, 3.63) is 70.5 Å². The van der Waals surface area contributed by atoms with Crippen molar-refractivity contribution < 1.29 is 14.0 Å². The first-order valence-electron chi connectivity index (χ1n) is 10.8. The largest absolute Gasteiger partial charge is 0.351 e. The number of H-pyrrole nitrogens is 1. The summed E-state index contributed by atoms with van der Waals surface area (Å²) in [7, 11) is 0. The molecule has 4 aromatic rings. The van der Waals surface area contributed by atoms with Crippen LogP contribution in [0.25, 0.3) is 21.0 Å². The number of likely N-dealkylation sites (tertiary alicyclic amines) is 1. The van der Waals surface area contributed by atoms with E-state index >= 15 is 0 Å². The SMILES string of the molecule is CC(C)NC(=O)c1sc2ccccc2c1C1CCN(C(=O)c2cc3cc(F)ccc3[nH]2)C1. The first-order valence-corrected chi connectivity index (χ1v) is 11.6. The average Bonchev–Trinajstić information content (AvgIpc) is 3.48. The lowest BCUT2D eigenvalue weighted by Crippen LogP contribution is -2.31. The van der Waals surface area contributed by atoms with Gasteiger partial charge in [0.25, 0.3) is 11.8 Å². The fourth-order valence-electron chi connectivity index (χ4n) is 4.54. The van der Waals surface area contributed by atoms with Crippen LogP contribution >= 0.6 is 11.3 Å². The average molecular weight is 450 g/mol. The number of hydrogen-bond acceptors (Lipinski definition) is 3. The van der Waals surface area contributed by atoms with Gasteiger partial charge in [0.1, 0.15) is 11.5 Å². The first-order chi connectivity index (χ1) is 15.4. The van der Waals surface area contributed by atoms with Crippen molar-refractivity contribution in [2.24, 2.45) is 0 Å². The van der Waals surface area contributed by atoms with Crippen LogP contribution in [0.15, 0.2) is 48.5 Å². The molecule has 32 heavy (non-hydrogen) atoms. The Balaban J connectivity index is 1.44. The summed E-state index contributed by atoms with van der Waals surface area (Å²) < 4.78 is 14.6. The standard InChI is InChI=1S/C25H24FN3O2S/c1-14(2)27-24(30)23-22(18-5-3-4-6-21(18)32-23)15-9-10-29(13-15)25(31)20-12-16-11-17(26)7-8-19(16)28-20/h3-8,11-12,14-15,28H,9-10,13H2,1-2H3,(H,27,30). The van der Waals surface area contributed by atoms with E-state index in [1.54, 1.807) is 12.1 Å². The second kappa shape index (κ2) is 8.06. The lowest BCUT2D eigenvalue weighted by Gasteiger charge is -2.17. The third-order valence-corrected chi connectivity index (χ3v) is 7.14. The van der Waals surface area contributed by atoms with Gasteiger partial charge in [-0.2, -0.15) is 0 Å². The highest BCUT2D eigenvalue weighted by atomic mass is 32.1. The monoisotopic (exact) mass is 449 g/mol. The number of amides is 2. The summed E-state index contributed by atoms with van der Waals surface area (Å²) in [5.41, 5.74) is 2.24. The van der Waals surface area contributed by atoms with Gasteiger partial charge in [-0.15, -0.1) is 11.3 Å². The van der Waals surface area contributed by atoms with E-state index in [2.05, 4.69) is 16.4 Å². The second-order valence-electron chi connectivity index (χ2n) is 8.62. The molecule has 0 bridgehead atoms. The second-order valence-corrected chi connectivity index (χ2v) is 9.67. The van der Waals surface area contributed by atoms with Crippen LogP contribution in [-0.2, 0) is 0 Å². The van der Waals surface area contributed by atoms with Gasteiger partial charge in [-0.3, -0.25) is 9.59 Å². The van der Waals surface area contributed by atoms with Crippen LogP contribution in [0.1, 0.15) is 51.9 Å². The number of aromatic amines is 1. The maximum Gasteiger partial charge on any atom is 0.270 e. The van der Waals surface area contributed by atoms with Gasteiger partial charge in [0, 0.05) is 40.7 Å². The molecule has 1 saturated heterocycles. The Morgan fingerprint density at radius 3 is 2.81 bits per heavy atom. The molecule has 2 amide bonds. The first kappa shape index (κ1) is 20.7.